The van der Waals surface area contributed by atoms with Crippen molar-refractivity contribution in [1.29, 1.82) is 0 Å². The molecule has 4 nitrogen and oxygen atoms in total. The number of oxazole rings is 1. The van der Waals surface area contributed by atoms with Crippen LogP contribution in [0.15, 0.2) is 65.1 Å². The third-order valence-corrected chi connectivity index (χ3v) is 4.45. The van der Waals surface area contributed by atoms with Gasteiger partial charge in [-0.05, 0) is 24.1 Å². The highest BCUT2D eigenvalue weighted by Crippen LogP contribution is 2.27. The van der Waals surface area contributed by atoms with Gasteiger partial charge in [0, 0.05) is 31.2 Å². The zero-order chi connectivity index (χ0) is 16.4. The third-order valence-electron chi connectivity index (χ3n) is 4.45. The van der Waals surface area contributed by atoms with Crippen LogP contribution in [0.25, 0.3) is 17.2 Å². The molecule has 1 aromatic heterocycles. The van der Waals surface area contributed by atoms with Gasteiger partial charge in [0.25, 0.3) is 0 Å². The molecule has 1 amide bonds. The molecule has 1 aliphatic heterocycles. The molecular formula is C20H18N2O2. The summed E-state index contributed by atoms with van der Waals surface area (Å²) in [5.41, 5.74) is 2.83. The molecule has 1 aliphatic rings. The van der Waals surface area contributed by atoms with Crippen molar-refractivity contribution in [2.75, 3.05) is 13.1 Å². The monoisotopic (exact) mass is 318 g/mol. The summed E-state index contributed by atoms with van der Waals surface area (Å²) in [5.74, 6) is 0.895. The number of carbonyl (C=O) groups is 1. The maximum Gasteiger partial charge on any atom is 0.246 e. The highest BCUT2D eigenvalue weighted by Gasteiger charge is 2.25. The molecule has 1 fully saturated rings. The Morgan fingerprint density at radius 2 is 1.92 bits per heavy atom. The van der Waals surface area contributed by atoms with E-state index in [1.54, 1.807) is 12.2 Å². The maximum atomic E-state index is 12.4. The quantitative estimate of drug-likeness (QED) is 0.689. The molecule has 0 saturated carbocycles. The molecule has 0 spiro atoms. The summed E-state index contributed by atoms with van der Waals surface area (Å²) in [7, 11) is 0. The van der Waals surface area contributed by atoms with Crippen molar-refractivity contribution >= 4 is 23.1 Å². The summed E-state index contributed by atoms with van der Waals surface area (Å²) in [4.78, 5) is 18.6. The van der Waals surface area contributed by atoms with E-state index in [0.29, 0.717) is 11.8 Å². The molecule has 0 radical (unpaired) electrons. The lowest BCUT2D eigenvalue weighted by Crippen LogP contribution is -2.26. The van der Waals surface area contributed by atoms with Crippen LogP contribution in [0.1, 0.15) is 23.8 Å². The molecule has 1 unspecified atom stereocenters. The SMILES string of the molecule is O=C(C=Cc1nc2ccccc2o1)N1CCC(c2ccccc2)C1. The minimum absolute atomic E-state index is 0.00990. The zero-order valence-corrected chi connectivity index (χ0v) is 13.3. The fourth-order valence-corrected chi connectivity index (χ4v) is 3.17. The lowest BCUT2D eigenvalue weighted by molar-refractivity contribution is -0.124. The average Bonchev–Trinajstić information content (AvgIpc) is 3.27. The van der Waals surface area contributed by atoms with Crippen LogP contribution in [0.2, 0.25) is 0 Å². The fourth-order valence-electron chi connectivity index (χ4n) is 3.17. The number of rotatable bonds is 3. The summed E-state index contributed by atoms with van der Waals surface area (Å²) < 4.78 is 5.60. The second-order valence-electron chi connectivity index (χ2n) is 6.03. The van der Waals surface area contributed by atoms with Crippen molar-refractivity contribution in [2.45, 2.75) is 12.3 Å². The molecule has 0 bridgehead atoms. The van der Waals surface area contributed by atoms with Gasteiger partial charge in [0.05, 0.1) is 0 Å². The standard InChI is InChI=1S/C20H18N2O2/c23-20(11-10-19-21-17-8-4-5-9-18(17)24-19)22-13-12-16(14-22)15-6-2-1-3-7-15/h1-11,16H,12-14H2. The number of aromatic nitrogens is 1. The Balaban J connectivity index is 1.43. The number of hydrogen-bond donors (Lipinski definition) is 0. The van der Waals surface area contributed by atoms with Crippen molar-refractivity contribution in [2.24, 2.45) is 0 Å². The molecule has 4 heteroatoms. The van der Waals surface area contributed by atoms with Crippen molar-refractivity contribution in [1.82, 2.24) is 9.88 Å². The van der Waals surface area contributed by atoms with E-state index < -0.39 is 0 Å². The van der Waals surface area contributed by atoms with Gasteiger partial charge in [-0.25, -0.2) is 4.98 Å². The van der Waals surface area contributed by atoms with Crippen molar-refractivity contribution in [3.63, 3.8) is 0 Å². The number of nitrogens with zero attached hydrogens (tertiary/aromatic N) is 2. The Morgan fingerprint density at radius 1 is 1.12 bits per heavy atom. The minimum atomic E-state index is 0.00990. The molecule has 3 aromatic rings. The Kier molecular flexibility index (Phi) is 3.87. The average molecular weight is 318 g/mol. The molecular weight excluding hydrogens is 300 g/mol. The Hall–Kier alpha value is -2.88. The van der Waals surface area contributed by atoms with Crippen molar-refractivity contribution in [3.05, 3.63) is 72.1 Å². The fraction of sp³-hybridized carbons (Fsp3) is 0.200. The van der Waals surface area contributed by atoms with E-state index >= 15 is 0 Å². The first kappa shape index (κ1) is 14.7. The first-order valence-corrected chi connectivity index (χ1v) is 8.17. The Bertz CT molecular complexity index is 850. The molecule has 120 valence electrons. The van der Waals surface area contributed by atoms with Gasteiger partial charge in [-0.1, -0.05) is 42.5 Å². The molecule has 1 saturated heterocycles. The number of fused-ring (bicyclic) bond motifs is 1. The first-order chi connectivity index (χ1) is 11.8. The molecule has 1 atom stereocenters. The van der Waals surface area contributed by atoms with E-state index in [9.17, 15) is 4.79 Å². The van der Waals surface area contributed by atoms with E-state index in [4.69, 9.17) is 4.42 Å². The first-order valence-electron chi connectivity index (χ1n) is 8.17. The van der Waals surface area contributed by atoms with E-state index in [1.807, 2.05) is 47.4 Å². The van der Waals surface area contributed by atoms with E-state index in [-0.39, 0.29) is 5.91 Å². The van der Waals surface area contributed by atoms with Crippen LogP contribution in [0.4, 0.5) is 0 Å². The van der Waals surface area contributed by atoms with Crippen molar-refractivity contribution in [3.8, 4) is 0 Å². The van der Waals surface area contributed by atoms with Crippen LogP contribution in [0.3, 0.4) is 0 Å². The van der Waals surface area contributed by atoms with E-state index in [2.05, 4.69) is 17.1 Å². The number of benzene rings is 2. The molecule has 0 aliphatic carbocycles. The van der Waals surface area contributed by atoms with Crippen molar-refractivity contribution < 1.29 is 9.21 Å². The Labute approximate surface area is 140 Å². The number of hydrogen-bond acceptors (Lipinski definition) is 3. The van der Waals surface area contributed by atoms with E-state index in [0.717, 1.165) is 30.6 Å². The van der Waals surface area contributed by atoms with Crippen LogP contribution >= 0.6 is 0 Å². The number of para-hydroxylation sites is 2. The molecule has 4 rings (SSSR count). The summed E-state index contributed by atoms with van der Waals surface area (Å²) in [6.45, 7) is 1.55. The highest BCUT2D eigenvalue weighted by atomic mass is 16.3. The number of carbonyl (C=O) groups excluding carboxylic acids is 1. The van der Waals surface area contributed by atoms with Gasteiger partial charge in [-0.15, -0.1) is 0 Å². The molecule has 24 heavy (non-hydrogen) atoms. The van der Waals surface area contributed by atoms with Crippen LogP contribution in [0.5, 0.6) is 0 Å². The highest BCUT2D eigenvalue weighted by molar-refractivity contribution is 5.91. The smallest absolute Gasteiger partial charge is 0.246 e. The second-order valence-corrected chi connectivity index (χ2v) is 6.03. The number of amides is 1. The maximum absolute atomic E-state index is 12.4. The number of likely N-dealkylation sites (tertiary alicyclic amines) is 1. The largest absolute Gasteiger partial charge is 0.437 e. The van der Waals surface area contributed by atoms with Gasteiger partial charge >= 0.3 is 0 Å². The van der Waals surface area contributed by atoms with Gasteiger partial charge in [0.1, 0.15) is 5.52 Å². The van der Waals surface area contributed by atoms with Gasteiger partial charge in [0.2, 0.25) is 11.8 Å². The summed E-state index contributed by atoms with van der Waals surface area (Å²) in [6, 6.07) is 18.0. The van der Waals surface area contributed by atoms with Gasteiger partial charge in [0.15, 0.2) is 5.58 Å². The lowest BCUT2D eigenvalue weighted by Gasteiger charge is -2.14. The van der Waals surface area contributed by atoms with Crippen LogP contribution in [0, 0.1) is 0 Å². The molecule has 2 aromatic carbocycles. The second kappa shape index (κ2) is 6.32. The predicted molar refractivity (Wildman–Crippen MR) is 93.4 cm³/mol. The van der Waals surface area contributed by atoms with Crippen LogP contribution < -0.4 is 0 Å². The van der Waals surface area contributed by atoms with Crippen LogP contribution in [-0.2, 0) is 4.79 Å². The van der Waals surface area contributed by atoms with Gasteiger partial charge in [-0.2, -0.15) is 0 Å². The van der Waals surface area contributed by atoms with Gasteiger partial charge in [-0.3, -0.25) is 4.79 Å². The van der Waals surface area contributed by atoms with Crippen LogP contribution in [-0.4, -0.2) is 28.9 Å². The third kappa shape index (κ3) is 2.95. The van der Waals surface area contributed by atoms with Gasteiger partial charge < -0.3 is 9.32 Å². The summed E-state index contributed by atoms with van der Waals surface area (Å²) in [6.07, 6.45) is 4.21. The van der Waals surface area contributed by atoms with E-state index in [1.165, 1.54) is 5.56 Å². The normalized spacial score (nSPS) is 17.8. The molecule has 0 N–H and O–H groups in total. The predicted octanol–water partition coefficient (Wildman–Crippen LogP) is 3.86. The summed E-state index contributed by atoms with van der Waals surface area (Å²) in [5, 5.41) is 0. The Morgan fingerprint density at radius 3 is 2.75 bits per heavy atom. The zero-order valence-electron chi connectivity index (χ0n) is 13.3. The topological polar surface area (TPSA) is 46.3 Å². The lowest BCUT2D eigenvalue weighted by atomic mass is 9.99. The summed E-state index contributed by atoms with van der Waals surface area (Å²) >= 11 is 0. The molecule has 2 heterocycles. The minimum Gasteiger partial charge on any atom is -0.437 e.